The first-order valence-corrected chi connectivity index (χ1v) is 8.73. The van der Waals surface area contributed by atoms with E-state index in [9.17, 15) is 8.42 Å². The van der Waals surface area contributed by atoms with Crippen LogP contribution in [0.4, 0.5) is 0 Å². The lowest BCUT2D eigenvalue weighted by Gasteiger charge is -2.24. The molecule has 0 bridgehead atoms. The van der Waals surface area contributed by atoms with Crippen molar-refractivity contribution in [3.8, 4) is 0 Å². The van der Waals surface area contributed by atoms with Crippen molar-refractivity contribution in [2.45, 2.75) is 31.7 Å². The number of thiophene rings is 1. The van der Waals surface area contributed by atoms with E-state index >= 15 is 0 Å². The molecule has 0 aliphatic carbocycles. The van der Waals surface area contributed by atoms with Gasteiger partial charge in [0.25, 0.3) is 0 Å². The largest absolute Gasteiger partial charge is 0.244 e. The fraction of sp³-hybridized carbons (Fsp3) is 0.600. The van der Waals surface area contributed by atoms with Crippen LogP contribution in [-0.2, 0) is 10.0 Å². The summed E-state index contributed by atoms with van der Waals surface area (Å²) in [5.74, 6) is 0.293. The van der Waals surface area contributed by atoms with Gasteiger partial charge < -0.3 is 0 Å². The second kappa shape index (κ2) is 6.02. The highest BCUT2D eigenvalue weighted by atomic mass is 79.9. The first-order valence-electron chi connectivity index (χ1n) is 5.14. The molecule has 0 spiro atoms. The van der Waals surface area contributed by atoms with E-state index < -0.39 is 10.0 Å². The Balaban J connectivity index is 3.21. The predicted molar refractivity (Wildman–Crippen MR) is 76.5 cm³/mol. The van der Waals surface area contributed by atoms with Gasteiger partial charge in [-0.1, -0.05) is 0 Å². The average molecular weight is 361 g/mol. The van der Waals surface area contributed by atoms with Crippen LogP contribution in [0.2, 0.25) is 0 Å². The molecule has 0 N–H and O–H groups in total. The molecule has 0 fully saturated rings. The molecule has 98 valence electrons. The molecule has 1 rings (SSSR count). The Bertz CT molecular complexity index is 484. The van der Waals surface area contributed by atoms with Crippen LogP contribution >= 0.6 is 38.9 Å². The molecule has 17 heavy (non-hydrogen) atoms. The first-order chi connectivity index (χ1) is 7.80. The zero-order valence-electron chi connectivity index (χ0n) is 9.91. The van der Waals surface area contributed by atoms with Crippen LogP contribution in [0.3, 0.4) is 0 Å². The van der Waals surface area contributed by atoms with Crippen LogP contribution in [0.25, 0.3) is 0 Å². The summed E-state index contributed by atoms with van der Waals surface area (Å²) in [6, 6.07) is 1.55. The third kappa shape index (κ3) is 3.44. The normalized spacial score (nSPS) is 12.6. The van der Waals surface area contributed by atoms with E-state index in [1.165, 1.54) is 15.6 Å². The van der Waals surface area contributed by atoms with Gasteiger partial charge in [-0.3, -0.25) is 0 Å². The van der Waals surface area contributed by atoms with Crippen LogP contribution in [0.15, 0.2) is 14.7 Å². The molecule has 0 atom stereocenters. The molecular formula is C10H15BrClNO2S2. The Morgan fingerprint density at radius 2 is 2.12 bits per heavy atom. The molecule has 0 radical (unpaired) electrons. The van der Waals surface area contributed by atoms with Crippen molar-refractivity contribution in [2.24, 2.45) is 0 Å². The Kier molecular flexibility index (Phi) is 5.46. The highest BCUT2D eigenvalue weighted by Gasteiger charge is 2.29. The maximum absolute atomic E-state index is 12.5. The zero-order valence-corrected chi connectivity index (χ0v) is 13.9. The maximum atomic E-state index is 12.5. The van der Waals surface area contributed by atoms with Crippen LogP contribution in [0.5, 0.6) is 0 Å². The van der Waals surface area contributed by atoms with E-state index in [-0.39, 0.29) is 6.04 Å². The minimum absolute atomic E-state index is 0.100. The Hall–Kier alpha value is 0.380. The second-order valence-corrected chi connectivity index (χ2v) is 8.74. The minimum atomic E-state index is -3.44. The molecule has 0 aromatic carbocycles. The average Bonchev–Trinajstić information content (AvgIpc) is 2.54. The number of aryl methyl sites for hydroxylation is 1. The summed E-state index contributed by atoms with van der Waals surface area (Å²) in [6.45, 7) is 5.83. The van der Waals surface area contributed by atoms with Gasteiger partial charge in [0.05, 0.1) is 8.68 Å². The van der Waals surface area contributed by atoms with Crippen molar-refractivity contribution in [1.82, 2.24) is 4.31 Å². The molecule has 0 aliphatic rings. The number of alkyl halides is 1. The number of sulfonamides is 1. The summed E-state index contributed by atoms with van der Waals surface area (Å²) in [4.78, 5) is 1.16. The summed E-state index contributed by atoms with van der Waals surface area (Å²) in [7, 11) is -3.44. The van der Waals surface area contributed by atoms with E-state index in [1.807, 2.05) is 20.8 Å². The summed E-state index contributed by atoms with van der Waals surface area (Å²) in [6.07, 6.45) is 0. The molecule has 0 saturated carbocycles. The van der Waals surface area contributed by atoms with E-state index in [0.717, 1.165) is 8.66 Å². The summed E-state index contributed by atoms with van der Waals surface area (Å²) in [5.41, 5.74) is 0. The van der Waals surface area contributed by atoms with E-state index in [1.54, 1.807) is 6.07 Å². The highest BCUT2D eigenvalue weighted by molar-refractivity contribution is 9.11. The van der Waals surface area contributed by atoms with Gasteiger partial charge in [-0.05, 0) is 42.8 Å². The number of halogens is 2. The summed E-state index contributed by atoms with van der Waals surface area (Å²) >= 11 is 10.4. The minimum Gasteiger partial charge on any atom is -0.207 e. The first kappa shape index (κ1) is 15.4. The van der Waals surface area contributed by atoms with Gasteiger partial charge >= 0.3 is 0 Å². The SMILES string of the molecule is Cc1sc(Br)cc1S(=O)(=O)N(CCCl)C(C)C. The lowest BCUT2D eigenvalue weighted by molar-refractivity contribution is 0.370. The third-order valence-electron chi connectivity index (χ3n) is 2.31. The van der Waals surface area contributed by atoms with Gasteiger partial charge in [0, 0.05) is 23.3 Å². The van der Waals surface area contributed by atoms with Crippen LogP contribution in [0, 0.1) is 6.92 Å². The highest BCUT2D eigenvalue weighted by Crippen LogP contribution is 2.32. The fourth-order valence-corrected chi connectivity index (χ4v) is 5.86. The van der Waals surface area contributed by atoms with Crippen LogP contribution in [0.1, 0.15) is 18.7 Å². The molecular weight excluding hydrogens is 346 g/mol. The molecule has 0 saturated heterocycles. The van der Waals surface area contributed by atoms with Crippen molar-refractivity contribution in [1.29, 1.82) is 0 Å². The van der Waals surface area contributed by atoms with Gasteiger partial charge in [-0.25, -0.2) is 8.42 Å². The Morgan fingerprint density at radius 1 is 1.53 bits per heavy atom. The molecule has 0 unspecified atom stereocenters. The van der Waals surface area contributed by atoms with Crippen molar-refractivity contribution in [2.75, 3.05) is 12.4 Å². The third-order valence-corrected chi connectivity index (χ3v) is 6.36. The van der Waals surface area contributed by atoms with Crippen LogP contribution < -0.4 is 0 Å². The van der Waals surface area contributed by atoms with E-state index in [4.69, 9.17) is 11.6 Å². The Labute approximate surface area is 120 Å². The van der Waals surface area contributed by atoms with Crippen LogP contribution in [-0.4, -0.2) is 31.2 Å². The van der Waals surface area contributed by atoms with Gasteiger partial charge in [-0.2, -0.15) is 4.31 Å². The number of nitrogens with zero attached hydrogens (tertiary/aromatic N) is 1. The number of hydrogen-bond donors (Lipinski definition) is 0. The molecule has 1 aromatic heterocycles. The lowest BCUT2D eigenvalue weighted by Crippen LogP contribution is -2.38. The van der Waals surface area contributed by atoms with Gasteiger partial charge in [0.15, 0.2) is 0 Å². The molecule has 0 aliphatic heterocycles. The predicted octanol–water partition coefficient (Wildman–Crippen LogP) is 3.46. The quantitative estimate of drug-likeness (QED) is 0.754. The topological polar surface area (TPSA) is 37.4 Å². The van der Waals surface area contributed by atoms with Crippen molar-refractivity contribution in [3.63, 3.8) is 0 Å². The van der Waals surface area contributed by atoms with Crippen molar-refractivity contribution in [3.05, 3.63) is 14.7 Å². The van der Waals surface area contributed by atoms with Gasteiger partial charge in [-0.15, -0.1) is 22.9 Å². The summed E-state index contributed by atoms with van der Waals surface area (Å²) < 4.78 is 27.2. The van der Waals surface area contributed by atoms with Crippen molar-refractivity contribution >= 4 is 48.9 Å². The molecule has 7 heteroatoms. The Morgan fingerprint density at radius 3 is 2.47 bits per heavy atom. The number of rotatable bonds is 5. The maximum Gasteiger partial charge on any atom is 0.244 e. The van der Waals surface area contributed by atoms with Gasteiger partial charge in [0.2, 0.25) is 10.0 Å². The smallest absolute Gasteiger partial charge is 0.207 e. The molecule has 0 amide bonds. The molecule has 3 nitrogen and oxygen atoms in total. The number of hydrogen-bond acceptors (Lipinski definition) is 3. The zero-order chi connectivity index (χ0) is 13.2. The molecule has 1 aromatic rings. The summed E-state index contributed by atoms with van der Waals surface area (Å²) in [5, 5.41) is 0. The lowest BCUT2D eigenvalue weighted by atomic mass is 10.4. The van der Waals surface area contributed by atoms with Crippen molar-refractivity contribution < 1.29 is 8.42 Å². The van der Waals surface area contributed by atoms with Gasteiger partial charge in [0.1, 0.15) is 0 Å². The van der Waals surface area contributed by atoms with E-state index in [0.29, 0.717) is 17.3 Å². The molecule has 1 heterocycles. The standard InChI is InChI=1S/C10H15BrClNO2S2/c1-7(2)13(5-4-12)17(14,15)9-6-10(11)16-8(9)3/h6-7H,4-5H2,1-3H3. The fourth-order valence-electron chi connectivity index (χ4n) is 1.55. The van der Waals surface area contributed by atoms with E-state index in [2.05, 4.69) is 15.9 Å². The monoisotopic (exact) mass is 359 g/mol. The second-order valence-electron chi connectivity index (χ2n) is 3.87.